The van der Waals surface area contributed by atoms with Crippen LogP contribution in [0.2, 0.25) is 0 Å². The molecule has 3 heterocycles. The highest BCUT2D eigenvalue weighted by atomic mass is 16.5. The van der Waals surface area contributed by atoms with Crippen LogP contribution in [0.25, 0.3) is 11.6 Å². The van der Waals surface area contributed by atoms with E-state index in [0.29, 0.717) is 23.5 Å². The zero-order chi connectivity index (χ0) is 11.7. The number of aryl methyl sites for hydroxylation is 1. The van der Waals surface area contributed by atoms with Crippen molar-refractivity contribution in [3.63, 3.8) is 0 Å². The second kappa shape index (κ2) is 4.25. The zero-order valence-corrected chi connectivity index (χ0v) is 9.63. The molecule has 1 atom stereocenters. The first-order chi connectivity index (χ1) is 8.31. The molecule has 0 amide bonds. The zero-order valence-electron chi connectivity index (χ0n) is 9.63. The Kier molecular flexibility index (Phi) is 2.60. The first-order valence-corrected chi connectivity index (χ1v) is 5.75. The summed E-state index contributed by atoms with van der Waals surface area (Å²) in [6.07, 6.45) is 4.26. The normalized spacial score (nSPS) is 19.9. The molecule has 17 heavy (non-hydrogen) atoms. The molecule has 3 rings (SSSR count). The van der Waals surface area contributed by atoms with Crippen molar-refractivity contribution in [3.8, 4) is 11.6 Å². The SMILES string of the molecule is Cc1noc(-c2cn(C[C@H]3CCCN3)nn2)n1. The topological polar surface area (TPSA) is 81.7 Å². The minimum absolute atomic E-state index is 0.424. The lowest BCUT2D eigenvalue weighted by Gasteiger charge is -2.08. The van der Waals surface area contributed by atoms with Gasteiger partial charge in [-0.05, 0) is 26.3 Å². The van der Waals surface area contributed by atoms with Crippen LogP contribution in [-0.4, -0.2) is 37.7 Å². The average molecular weight is 234 g/mol. The third-order valence-electron chi connectivity index (χ3n) is 2.86. The highest BCUT2D eigenvalue weighted by Crippen LogP contribution is 2.14. The van der Waals surface area contributed by atoms with Crippen LogP contribution in [0.15, 0.2) is 10.7 Å². The Balaban J connectivity index is 1.73. The molecule has 0 aliphatic carbocycles. The van der Waals surface area contributed by atoms with Crippen LogP contribution in [0, 0.1) is 6.92 Å². The van der Waals surface area contributed by atoms with Crippen molar-refractivity contribution in [2.24, 2.45) is 0 Å². The smallest absolute Gasteiger partial charge is 0.280 e. The summed E-state index contributed by atoms with van der Waals surface area (Å²) in [5.74, 6) is 1.03. The van der Waals surface area contributed by atoms with Crippen molar-refractivity contribution < 1.29 is 4.52 Å². The van der Waals surface area contributed by atoms with E-state index >= 15 is 0 Å². The van der Waals surface area contributed by atoms with Crippen LogP contribution in [0.3, 0.4) is 0 Å². The van der Waals surface area contributed by atoms with Gasteiger partial charge in [-0.1, -0.05) is 10.4 Å². The largest absolute Gasteiger partial charge is 0.332 e. The maximum Gasteiger partial charge on any atom is 0.280 e. The molecule has 1 saturated heterocycles. The van der Waals surface area contributed by atoms with Gasteiger partial charge in [0.25, 0.3) is 5.89 Å². The van der Waals surface area contributed by atoms with Gasteiger partial charge in [-0.15, -0.1) is 5.10 Å². The molecule has 0 saturated carbocycles. The van der Waals surface area contributed by atoms with Crippen molar-refractivity contribution in [2.75, 3.05) is 6.54 Å². The highest BCUT2D eigenvalue weighted by molar-refractivity contribution is 5.43. The van der Waals surface area contributed by atoms with Crippen molar-refractivity contribution in [1.29, 1.82) is 0 Å². The van der Waals surface area contributed by atoms with E-state index in [1.807, 2.05) is 10.9 Å². The summed E-state index contributed by atoms with van der Waals surface area (Å²) in [5.41, 5.74) is 0.628. The second-order valence-electron chi connectivity index (χ2n) is 4.27. The predicted molar refractivity (Wildman–Crippen MR) is 59.1 cm³/mol. The van der Waals surface area contributed by atoms with Crippen molar-refractivity contribution in [1.82, 2.24) is 30.5 Å². The monoisotopic (exact) mass is 234 g/mol. The predicted octanol–water partition coefficient (Wildman–Crippen LogP) is 0.389. The van der Waals surface area contributed by atoms with Gasteiger partial charge in [-0.2, -0.15) is 4.98 Å². The average Bonchev–Trinajstić information content (AvgIpc) is 2.99. The molecular weight excluding hydrogens is 220 g/mol. The number of rotatable bonds is 3. The van der Waals surface area contributed by atoms with Crippen LogP contribution in [0.4, 0.5) is 0 Å². The van der Waals surface area contributed by atoms with Crippen LogP contribution < -0.4 is 5.32 Å². The molecule has 7 heteroatoms. The maximum absolute atomic E-state index is 5.04. The number of hydrogen-bond acceptors (Lipinski definition) is 6. The van der Waals surface area contributed by atoms with Gasteiger partial charge in [0.2, 0.25) is 0 Å². The fourth-order valence-corrected chi connectivity index (χ4v) is 2.03. The summed E-state index contributed by atoms with van der Waals surface area (Å²) in [6, 6.07) is 0.494. The van der Waals surface area contributed by atoms with Gasteiger partial charge in [-0.25, -0.2) is 0 Å². The first-order valence-electron chi connectivity index (χ1n) is 5.75. The van der Waals surface area contributed by atoms with Gasteiger partial charge in [0.05, 0.1) is 12.7 Å². The van der Waals surface area contributed by atoms with E-state index in [9.17, 15) is 0 Å². The van der Waals surface area contributed by atoms with Gasteiger partial charge < -0.3 is 9.84 Å². The van der Waals surface area contributed by atoms with E-state index < -0.39 is 0 Å². The molecule has 0 spiro atoms. The Bertz CT molecular complexity index is 498. The van der Waals surface area contributed by atoms with Gasteiger partial charge in [0.15, 0.2) is 11.5 Å². The number of nitrogens with zero attached hydrogens (tertiary/aromatic N) is 5. The summed E-state index contributed by atoms with van der Waals surface area (Å²) >= 11 is 0. The number of aromatic nitrogens is 5. The Morgan fingerprint density at radius 3 is 3.24 bits per heavy atom. The lowest BCUT2D eigenvalue weighted by molar-refractivity contribution is 0.424. The van der Waals surface area contributed by atoms with Crippen LogP contribution in [0.5, 0.6) is 0 Å². The third kappa shape index (κ3) is 2.19. The van der Waals surface area contributed by atoms with Gasteiger partial charge in [-0.3, -0.25) is 4.68 Å². The molecule has 1 fully saturated rings. The van der Waals surface area contributed by atoms with E-state index in [2.05, 4.69) is 25.8 Å². The first kappa shape index (κ1) is 10.4. The molecule has 0 radical (unpaired) electrons. The summed E-state index contributed by atoms with van der Waals surface area (Å²) in [7, 11) is 0. The molecule has 90 valence electrons. The van der Waals surface area contributed by atoms with E-state index in [1.54, 1.807) is 6.92 Å². The summed E-state index contributed by atoms with van der Waals surface area (Å²) in [6.45, 7) is 3.70. The summed E-state index contributed by atoms with van der Waals surface area (Å²) in [5, 5.41) is 15.2. The van der Waals surface area contributed by atoms with Gasteiger partial charge >= 0.3 is 0 Å². The maximum atomic E-state index is 5.04. The molecule has 0 unspecified atom stereocenters. The molecule has 2 aromatic heterocycles. The third-order valence-corrected chi connectivity index (χ3v) is 2.86. The molecule has 1 aliphatic rings. The van der Waals surface area contributed by atoms with Gasteiger partial charge in [0, 0.05) is 6.04 Å². The Hall–Kier alpha value is -1.76. The fourth-order valence-electron chi connectivity index (χ4n) is 2.03. The van der Waals surface area contributed by atoms with Crippen LogP contribution in [0.1, 0.15) is 18.7 Å². The van der Waals surface area contributed by atoms with Crippen molar-refractivity contribution >= 4 is 0 Å². The highest BCUT2D eigenvalue weighted by Gasteiger charge is 2.16. The molecular formula is C10H14N6O. The second-order valence-corrected chi connectivity index (χ2v) is 4.27. The van der Waals surface area contributed by atoms with E-state index in [-0.39, 0.29) is 0 Å². The molecule has 1 N–H and O–H groups in total. The van der Waals surface area contributed by atoms with E-state index in [1.165, 1.54) is 12.8 Å². The fraction of sp³-hybridized carbons (Fsp3) is 0.600. The Morgan fingerprint density at radius 1 is 1.59 bits per heavy atom. The van der Waals surface area contributed by atoms with E-state index in [0.717, 1.165) is 13.1 Å². The standard InChI is InChI=1S/C10H14N6O/c1-7-12-10(17-14-7)9-6-16(15-13-9)5-8-3-2-4-11-8/h6,8,11H,2-5H2,1H3/t8-/m1/s1. The molecule has 7 nitrogen and oxygen atoms in total. The number of nitrogens with one attached hydrogen (secondary N) is 1. The van der Waals surface area contributed by atoms with E-state index in [4.69, 9.17) is 4.52 Å². The molecule has 0 aromatic carbocycles. The van der Waals surface area contributed by atoms with Crippen molar-refractivity contribution in [2.45, 2.75) is 32.4 Å². The summed E-state index contributed by atoms with van der Waals surface area (Å²) in [4.78, 5) is 4.12. The minimum Gasteiger partial charge on any atom is -0.332 e. The quantitative estimate of drug-likeness (QED) is 0.827. The molecule has 1 aliphatic heterocycles. The Morgan fingerprint density at radius 2 is 2.53 bits per heavy atom. The van der Waals surface area contributed by atoms with Crippen molar-refractivity contribution in [3.05, 3.63) is 12.0 Å². The molecule has 0 bridgehead atoms. The summed E-state index contributed by atoms with van der Waals surface area (Å²) < 4.78 is 6.86. The molecule has 2 aromatic rings. The lowest BCUT2D eigenvalue weighted by Crippen LogP contribution is -2.26. The minimum atomic E-state index is 0.424. The lowest BCUT2D eigenvalue weighted by atomic mass is 10.2. The van der Waals surface area contributed by atoms with Crippen LogP contribution in [-0.2, 0) is 6.54 Å². The van der Waals surface area contributed by atoms with Crippen LogP contribution >= 0.6 is 0 Å². The Labute approximate surface area is 98.2 Å². The number of hydrogen-bond donors (Lipinski definition) is 1. The van der Waals surface area contributed by atoms with Gasteiger partial charge in [0.1, 0.15) is 0 Å².